The van der Waals surface area contributed by atoms with E-state index in [2.05, 4.69) is 14.9 Å². The van der Waals surface area contributed by atoms with E-state index in [1.165, 1.54) is 0 Å². The molecule has 2 aliphatic rings. The van der Waals surface area contributed by atoms with E-state index in [0.29, 0.717) is 38.2 Å². The number of aryl methyl sites for hydroxylation is 1. The van der Waals surface area contributed by atoms with Gasteiger partial charge in [-0.1, -0.05) is 0 Å². The summed E-state index contributed by atoms with van der Waals surface area (Å²) in [4.78, 5) is 24.8. The Morgan fingerprint density at radius 1 is 1.21 bits per heavy atom. The number of likely N-dealkylation sites (tertiary alicyclic amines) is 1. The van der Waals surface area contributed by atoms with E-state index in [1.807, 2.05) is 11.8 Å². The molecule has 1 amide bonds. The van der Waals surface area contributed by atoms with E-state index in [4.69, 9.17) is 9.47 Å². The van der Waals surface area contributed by atoms with Crippen molar-refractivity contribution < 1.29 is 14.3 Å². The van der Waals surface area contributed by atoms with Gasteiger partial charge in [0.25, 0.3) is 0 Å². The van der Waals surface area contributed by atoms with E-state index in [1.54, 1.807) is 12.4 Å². The van der Waals surface area contributed by atoms with E-state index in [9.17, 15) is 4.79 Å². The summed E-state index contributed by atoms with van der Waals surface area (Å²) in [6, 6.07) is 0. The van der Waals surface area contributed by atoms with Crippen LogP contribution < -0.4 is 4.74 Å². The first kappa shape index (κ1) is 17.1. The summed E-state index contributed by atoms with van der Waals surface area (Å²) >= 11 is 0. The summed E-state index contributed by atoms with van der Waals surface area (Å²) in [5, 5.41) is 0. The molecule has 2 aliphatic heterocycles. The largest absolute Gasteiger partial charge is 0.476 e. The first-order valence-electron chi connectivity index (χ1n) is 8.70. The van der Waals surface area contributed by atoms with Gasteiger partial charge < -0.3 is 14.4 Å². The maximum Gasteiger partial charge on any atom is 0.236 e. The molecule has 2 fully saturated rings. The van der Waals surface area contributed by atoms with Crippen molar-refractivity contribution >= 4 is 5.91 Å². The van der Waals surface area contributed by atoms with Crippen LogP contribution in [0.15, 0.2) is 12.4 Å². The van der Waals surface area contributed by atoms with Gasteiger partial charge in [0.05, 0.1) is 32.1 Å². The predicted octanol–water partition coefficient (Wildman–Crippen LogP) is 0.735. The topological polar surface area (TPSA) is 67.8 Å². The molecular weight excluding hydrogens is 308 g/mol. The van der Waals surface area contributed by atoms with Crippen molar-refractivity contribution in [1.29, 1.82) is 0 Å². The number of hydrogen-bond acceptors (Lipinski definition) is 6. The number of rotatable bonds is 5. The summed E-state index contributed by atoms with van der Waals surface area (Å²) in [6.07, 6.45) is 5.43. The molecular formula is C17H26N4O3. The van der Waals surface area contributed by atoms with Crippen LogP contribution in [-0.4, -0.2) is 78.2 Å². The second kappa shape index (κ2) is 8.39. The number of morpholine rings is 1. The summed E-state index contributed by atoms with van der Waals surface area (Å²) in [5.41, 5.74) is 0.825. The maximum absolute atomic E-state index is 12.3. The molecule has 132 valence electrons. The van der Waals surface area contributed by atoms with Gasteiger partial charge >= 0.3 is 0 Å². The number of aromatic nitrogens is 2. The number of piperidine rings is 1. The van der Waals surface area contributed by atoms with Crippen molar-refractivity contribution in [1.82, 2.24) is 19.8 Å². The smallest absolute Gasteiger partial charge is 0.236 e. The standard InChI is InChI=1S/C17H26N4O3/c1-14-17(19-5-4-18-14)24-13-15-2-6-20(7-3-15)12-16(22)21-8-10-23-11-9-21/h4-5,15H,2-3,6-13H2,1H3. The molecule has 0 unspecified atom stereocenters. The fraction of sp³-hybridized carbons (Fsp3) is 0.706. The Balaban J connectivity index is 1.38. The molecule has 0 aromatic carbocycles. The maximum atomic E-state index is 12.3. The molecule has 0 spiro atoms. The number of nitrogens with zero attached hydrogens (tertiary/aromatic N) is 4. The molecule has 7 nitrogen and oxygen atoms in total. The molecule has 3 rings (SSSR count). The predicted molar refractivity (Wildman–Crippen MR) is 88.8 cm³/mol. The Morgan fingerprint density at radius 2 is 1.92 bits per heavy atom. The molecule has 24 heavy (non-hydrogen) atoms. The van der Waals surface area contributed by atoms with Gasteiger partial charge in [0, 0.05) is 25.5 Å². The second-order valence-corrected chi connectivity index (χ2v) is 6.47. The van der Waals surface area contributed by atoms with Gasteiger partial charge in [0.15, 0.2) is 0 Å². The lowest BCUT2D eigenvalue weighted by atomic mass is 9.98. The van der Waals surface area contributed by atoms with Gasteiger partial charge in [-0.05, 0) is 38.8 Å². The van der Waals surface area contributed by atoms with Crippen LogP contribution in [0.1, 0.15) is 18.5 Å². The summed E-state index contributed by atoms with van der Waals surface area (Å²) in [5.74, 6) is 1.37. The SMILES string of the molecule is Cc1nccnc1OCC1CCN(CC(=O)N2CCOCC2)CC1. The molecule has 0 bridgehead atoms. The summed E-state index contributed by atoms with van der Waals surface area (Å²) < 4.78 is 11.1. The number of carbonyl (C=O) groups is 1. The van der Waals surface area contributed by atoms with E-state index in [0.717, 1.165) is 44.7 Å². The highest BCUT2D eigenvalue weighted by molar-refractivity contribution is 5.78. The van der Waals surface area contributed by atoms with Gasteiger partial charge in [0.2, 0.25) is 11.8 Å². The molecule has 0 atom stereocenters. The number of ether oxygens (including phenoxy) is 2. The molecule has 7 heteroatoms. The van der Waals surface area contributed by atoms with Crippen LogP contribution in [0.2, 0.25) is 0 Å². The van der Waals surface area contributed by atoms with Crippen molar-refractivity contribution in [2.45, 2.75) is 19.8 Å². The average Bonchev–Trinajstić information content (AvgIpc) is 2.63. The highest BCUT2D eigenvalue weighted by Gasteiger charge is 2.24. The fourth-order valence-corrected chi connectivity index (χ4v) is 3.15. The lowest BCUT2D eigenvalue weighted by Crippen LogP contribution is -2.47. The van der Waals surface area contributed by atoms with Gasteiger partial charge in [-0.2, -0.15) is 0 Å². The number of amides is 1. The molecule has 0 saturated carbocycles. The zero-order valence-electron chi connectivity index (χ0n) is 14.3. The molecule has 0 N–H and O–H groups in total. The van der Waals surface area contributed by atoms with Crippen LogP contribution in [-0.2, 0) is 9.53 Å². The molecule has 2 saturated heterocycles. The summed E-state index contributed by atoms with van der Waals surface area (Å²) in [7, 11) is 0. The Morgan fingerprint density at radius 3 is 2.62 bits per heavy atom. The van der Waals surface area contributed by atoms with E-state index < -0.39 is 0 Å². The van der Waals surface area contributed by atoms with Crippen molar-refractivity contribution in [2.75, 3.05) is 52.5 Å². The lowest BCUT2D eigenvalue weighted by molar-refractivity contribution is -0.136. The van der Waals surface area contributed by atoms with Crippen LogP contribution in [0, 0.1) is 12.8 Å². The zero-order valence-corrected chi connectivity index (χ0v) is 14.3. The third-order valence-electron chi connectivity index (χ3n) is 4.72. The second-order valence-electron chi connectivity index (χ2n) is 6.47. The minimum Gasteiger partial charge on any atom is -0.476 e. The Kier molecular flexibility index (Phi) is 5.98. The van der Waals surface area contributed by atoms with Crippen LogP contribution >= 0.6 is 0 Å². The number of hydrogen-bond donors (Lipinski definition) is 0. The Hall–Kier alpha value is -1.73. The average molecular weight is 334 g/mol. The highest BCUT2D eigenvalue weighted by Crippen LogP contribution is 2.19. The summed E-state index contributed by atoms with van der Waals surface area (Å²) in [6.45, 7) is 7.76. The molecule has 1 aromatic rings. The normalized spacial score (nSPS) is 20.1. The van der Waals surface area contributed by atoms with Gasteiger partial charge in [-0.25, -0.2) is 4.98 Å². The first-order chi connectivity index (χ1) is 11.7. The Labute approximate surface area is 143 Å². The van der Waals surface area contributed by atoms with E-state index >= 15 is 0 Å². The van der Waals surface area contributed by atoms with Crippen molar-refractivity contribution in [3.63, 3.8) is 0 Å². The van der Waals surface area contributed by atoms with Gasteiger partial charge in [0.1, 0.15) is 0 Å². The van der Waals surface area contributed by atoms with Gasteiger partial charge in [-0.15, -0.1) is 0 Å². The molecule has 3 heterocycles. The van der Waals surface area contributed by atoms with Crippen molar-refractivity contribution in [2.24, 2.45) is 5.92 Å². The highest BCUT2D eigenvalue weighted by atomic mass is 16.5. The minimum absolute atomic E-state index is 0.225. The quantitative estimate of drug-likeness (QED) is 0.791. The van der Waals surface area contributed by atoms with Crippen LogP contribution in [0.25, 0.3) is 0 Å². The Bertz CT molecular complexity index is 540. The first-order valence-corrected chi connectivity index (χ1v) is 8.70. The fourth-order valence-electron chi connectivity index (χ4n) is 3.15. The minimum atomic E-state index is 0.225. The third-order valence-corrected chi connectivity index (χ3v) is 4.72. The molecule has 0 aliphatic carbocycles. The van der Waals surface area contributed by atoms with Crippen LogP contribution in [0.5, 0.6) is 5.88 Å². The van der Waals surface area contributed by atoms with Crippen LogP contribution in [0.3, 0.4) is 0 Å². The van der Waals surface area contributed by atoms with Crippen LogP contribution in [0.4, 0.5) is 0 Å². The van der Waals surface area contributed by atoms with Crippen molar-refractivity contribution in [3.05, 3.63) is 18.1 Å². The van der Waals surface area contributed by atoms with Crippen molar-refractivity contribution in [3.8, 4) is 5.88 Å². The molecule has 0 radical (unpaired) electrons. The van der Waals surface area contributed by atoms with Gasteiger partial charge in [-0.3, -0.25) is 14.7 Å². The van der Waals surface area contributed by atoms with E-state index in [-0.39, 0.29) is 5.91 Å². The third kappa shape index (κ3) is 4.64. The number of carbonyl (C=O) groups excluding carboxylic acids is 1. The zero-order chi connectivity index (χ0) is 16.8. The molecule has 1 aromatic heterocycles. The monoisotopic (exact) mass is 334 g/mol. The lowest BCUT2D eigenvalue weighted by Gasteiger charge is -2.34.